The summed E-state index contributed by atoms with van der Waals surface area (Å²) in [6.45, 7) is 1.90. The summed E-state index contributed by atoms with van der Waals surface area (Å²) in [5.41, 5.74) is 7.01. The smallest absolute Gasteiger partial charge is 0.374 e. The molecule has 11 heteroatoms. The van der Waals surface area contributed by atoms with Gasteiger partial charge in [-0.15, -0.1) is 0 Å². The second kappa shape index (κ2) is 15.0. The maximum Gasteiger partial charge on any atom is 0.374 e. The van der Waals surface area contributed by atoms with Crippen molar-refractivity contribution in [2.75, 3.05) is 39.4 Å². The number of nitrogens with two attached hydrogens (primary N) is 1. The monoisotopic (exact) mass is 629 g/mol. The number of furan rings is 1. The zero-order valence-corrected chi connectivity index (χ0v) is 26.7. The van der Waals surface area contributed by atoms with Crippen molar-refractivity contribution in [3.63, 3.8) is 0 Å². The van der Waals surface area contributed by atoms with Crippen LogP contribution in [0.5, 0.6) is 0 Å². The predicted molar refractivity (Wildman–Crippen MR) is 167 cm³/mol. The zero-order valence-electron chi connectivity index (χ0n) is 26.7. The summed E-state index contributed by atoms with van der Waals surface area (Å²) >= 11 is 0. The number of anilines is 1. The van der Waals surface area contributed by atoms with Crippen molar-refractivity contribution in [1.82, 2.24) is 4.90 Å². The molecule has 2 heterocycles. The lowest BCUT2D eigenvalue weighted by Crippen LogP contribution is -2.50. The van der Waals surface area contributed by atoms with Crippen LogP contribution in [0.1, 0.15) is 75.3 Å². The second-order valence-corrected chi connectivity index (χ2v) is 13.1. The molecule has 3 N–H and O–H groups in total. The van der Waals surface area contributed by atoms with Crippen molar-refractivity contribution >= 4 is 34.4 Å². The number of likely N-dealkylation sites (tertiary alicyclic amines) is 1. The van der Waals surface area contributed by atoms with Crippen LogP contribution >= 0.6 is 0 Å². The molecule has 4 atom stereocenters. The van der Waals surface area contributed by atoms with Crippen LogP contribution in [0, 0.1) is 23.7 Å². The minimum absolute atomic E-state index is 0.0201. The van der Waals surface area contributed by atoms with E-state index in [1.165, 1.54) is 0 Å². The lowest BCUT2D eigenvalue weighted by Gasteiger charge is -2.37. The van der Waals surface area contributed by atoms with Crippen molar-refractivity contribution in [1.29, 1.82) is 0 Å². The summed E-state index contributed by atoms with van der Waals surface area (Å²) in [6.07, 6.45) is 7.38. The Morgan fingerprint density at radius 2 is 1.78 bits per heavy atom. The van der Waals surface area contributed by atoms with Gasteiger partial charge in [0.05, 0.1) is 12.2 Å². The Hall–Kier alpha value is -3.02. The van der Waals surface area contributed by atoms with Gasteiger partial charge in [0.1, 0.15) is 24.9 Å². The molecule has 1 aliphatic heterocycles. The zero-order chi connectivity index (χ0) is 32.1. The molecule has 10 nitrogen and oxygen atoms in total. The molecule has 0 bridgehead atoms. The molecule has 0 unspecified atom stereocenters. The van der Waals surface area contributed by atoms with Crippen LogP contribution in [0.2, 0.25) is 0 Å². The standard InChI is InChI=1S/C34H48FN3O7/c1-20(42-2)19-44-34(41)30-17-24-16-25(10-13-29(24)45-30)37-32(39)31-27(21-8-11-26(43-3)12-9-21)14-15-38(31)33(40)23-6-4-22(5-7-23)28(36)18-35/h10,13,16-17,20-23,26-28,31H,4-9,11-12,14-15,18-19,36H2,1-3H3,(H,37,39)/t20-,21?,22?,23?,26?,27-,28+,31-/m0/s1. The third-order valence-corrected chi connectivity index (χ3v) is 10.4. The summed E-state index contributed by atoms with van der Waals surface area (Å²) in [5, 5.41) is 3.73. The number of carbonyl (C=O) groups excluding carboxylic acids is 3. The largest absolute Gasteiger partial charge is 0.457 e. The maximum atomic E-state index is 14.1. The Bertz CT molecular complexity index is 1320. The van der Waals surface area contributed by atoms with Crippen LogP contribution in [0.25, 0.3) is 11.0 Å². The van der Waals surface area contributed by atoms with Gasteiger partial charge in [0.15, 0.2) is 0 Å². The number of ether oxygens (including phenoxy) is 3. The fourth-order valence-electron chi connectivity index (χ4n) is 7.57. The highest BCUT2D eigenvalue weighted by atomic mass is 19.1. The number of carbonyl (C=O) groups is 3. The van der Waals surface area contributed by atoms with Gasteiger partial charge >= 0.3 is 5.97 Å². The molecule has 2 saturated carbocycles. The van der Waals surface area contributed by atoms with Crippen LogP contribution < -0.4 is 11.1 Å². The number of halogens is 1. The fourth-order valence-corrected chi connectivity index (χ4v) is 7.57. The number of hydrogen-bond donors (Lipinski definition) is 2. The van der Waals surface area contributed by atoms with Gasteiger partial charge in [-0.2, -0.15) is 0 Å². The average Bonchev–Trinajstić information content (AvgIpc) is 3.71. The minimum Gasteiger partial charge on any atom is -0.457 e. The van der Waals surface area contributed by atoms with E-state index in [2.05, 4.69) is 5.32 Å². The van der Waals surface area contributed by atoms with E-state index in [9.17, 15) is 18.8 Å². The lowest BCUT2D eigenvalue weighted by molar-refractivity contribution is -0.142. The van der Waals surface area contributed by atoms with Crippen molar-refractivity contribution in [3.8, 4) is 0 Å². The van der Waals surface area contributed by atoms with E-state index in [1.54, 1.807) is 45.4 Å². The highest BCUT2D eigenvalue weighted by molar-refractivity contribution is 6.00. The fraction of sp³-hybridized carbons (Fsp3) is 0.676. The third kappa shape index (κ3) is 7.69. The molecule has 1 aromatic heterocycles. The molecule has 45 heavy (non-hydrogen) atoms. The molecule has 248 valence electrons. The first-order valence-corrected chi connectivity index (χ1v) is 16.4. The Kier molecular flexibility index (Phi) is 11.1. The summed E-state index contributed by atoms with van der Waals surface area (Å²) in [7, 11) is 3.29. The van der Waals surface area contributed by atoms with Gasteiger partial charge in [0.25, 0.3) is 0 Å². The predicted octanol–water partition coefficient (Wildman–Crippen LogP) is 5.09. The SMILES string of the molecule is COC1CCC([C@@H]2CCN(C(=O)C3CCC([C@H](N)CF)CC3)[C@@H]2C(=O)Nc2ccc3oc(C(=O)OC[C@H](C)OC)cc3c2)CC1. The van der Waals surface area contributed by atoms with E-state index in [0.717, 1.165) is 44.9 Å². The van der Waals surface area contributed by atoms with E-state index in [1.807, 2.05) is 4.90 Å². The topological polar surface area (TPSA) is 133 Å². The number of esters is 1. The molecule has 1 saturated heterocycles. The number of nitrogens with zero attached hydrogens (tertiary/aromatic N) is 1. The summed E-state index contributed by atoms with van der Waals surface area (Å²) < 4.78 is 34.8. The van der Waals surface area contributed by atoms with Crippen molar-refractivity contribution in [3.05, 3.63) is 30.0 Å². The number of amides is 2. The molecule has 1 aromatic carbocycles. The van der Waals surface area contributed by atoms with E-state index in [-0.39, 0.29) is 54.1 Å². The highest BCUT2D eigenvalue weighted by Crippen LogP contribution is 2.42. The van der Waals surface area contributed by atoms with Gasteiger partial charge in [-0.25, -0.2) is 9.18 Å². The van der Waals surface area contributed by atoms with Gasteiger partial charge < -0.3 is 34.6 Å². The van der Waals surface area contributed by atoms with Gasteiger partial charge in [-0.05, 0) is 107 Å². The highest BCUT2D eigenvalue weighted by Gasteiger charge is 2.47. The number of hydrogen-bond acceptors (Lipinski definition) is 8. The molecule has 0 spiro atoms. The van der Waals surface area contributed by atoms with Crippen LogP contribution in [-0.2, 0) is 23.8 Å². The minimum atomic E-state index is -0.590. The molecule has 5 rings (SSSR count). The lowest BCUT2D eigenvalue weighted by atomic mass is 9.75. The quantitative estimate of drug-likeness (QED) is 0.329. The maximum absolute atomic E-state index is 14.1. The van der Waals surface area contributed by atoms with Gasteiger partial charge in [-0.3, -0.25) is 9.59 Å². The van der Waals surface area contributed by atoms with Crippen LogP contribution in [0.3, 0.4) is 0 Å². The van der Waals surface area contributed by atoms with Crippen LogP contribution in [-0.4, -0.2) is 81.0 Å². The van der Waals surface area contributed by atoms with E-state index in [0.29, 0.717) is 42.0 Å². The molecule has 2 aliphatic carbocycles. The first-order chi connectivity index (χ1) is 21.7. The summed E-state index contributed by atoms with van der Waals surface area (Å²) in [5.74, 6) is -0.416. The van der Waals surface area contributed by atoms with E-state index >= 15 is 0 Å². The molecule has 2 aromatic rings. The second-order valence-electron chi connectivity index (χ2n) is 13.1. The molecule has 3 aliphatic rings. The number of methoxy groups -OCH3 is 2. The third-order valence-electron chi connectivity index (χ3n) is 10.4. The Morgan fingerprint density at radius 3 is 2.44 bits per heavy atom. The first-order valence-electron chi connectivity index (χ1n) is 16.4. The van der Waals surface area contributed by atoms with E-state index in [4.69, 9.17) is 24.4 Å². The molecule has 3 fully saturated rings. The Labute approximate surface area is 264 Å². The van der Waals surface area contributed by atoms with Crippen LogP contribution in [0.4, 0.5) is 10.1 Å². The molecule has 2 amide bonds. The summed E-state index contributed by atoms with van der Waals surface area (Å²) in [4.78, 5) is 42.3. The Morgan fingerprint density at radius 1 is 1.04 bits per heavy atom. The molecular weight excluding hydrogens is 581 g/mol. The average molecular weight is 630 g/mol. The first kappa shape index (κ1) is 33.3. The number of alkyl halides is 1. The van der Waals surface area contributed by atoms with Gasteiger partial charge in [0, 0.05) is 43.8 Å². The molecule has 0 radical (unpaired) electrons. The van der Waals surface area contributed by atoms with Gasteiger partial charge in [0.2, 0.25) is 17.6 Å². The van der Waals surface area contributed by atoms with Crippen molar-refractivity contribution in [2.45, 2.75) is 89.0 Å². The van der Waals surface area contributed by atoms with Gasteiger partial charge in [-0.1, -0.05) is 0 Å². The molecular formula is C34H48FN3O7. The van der Waals surface area contributed by atoms with Crippen LogP contribution in [0.15, 0.2) is 28.7 Å². The van der Waals surface area contributed by atoms with Crippen molar-refractivity contribution < 1.29 is 37.4 Å². The number of fused-ring (bicyclic) bond motifs is 1. The van der Waals surface area contributed by atoms with Crippen molar-refractivity contribution in [2.24, 2.45) is 29.4 Å². The normalized spacial score (nSPS) is 28.5. The number of rotatable bonds is 11. The number of benzene rings is 1. The Balaban J connectivity index is 1.31. The number of nitrogens with one attached hydrogen (secondary N) is 1. The summed E-state index contributed by atoms with van der Waals surface area (Å²) in [6, 6.07) is 5.74. The van der Waals surface area contributed by atoms with E-state index < -0.39 is 24.7 Å².